The summed E-state index contributed by atoms with van der Waals surface area (Å²) in [4.78, 5) is 30.1. The van der Waals surface area contributed by atoms with E-state index in [1.807, 2.05) is 36.1 Å². The number of methoxy groups -OCH3 is 1. The minimum atomic E-state index is -0.348. The minimum absolute atomic E-state index is 0.334. The molecule has 7 nitrogen and oxygen atoms in total. The number of nitrogens with zero attached hydrogens (tertiary/aromatic N) is 2. The smallest absolute Gasteiger partial charge is 0.282 e. The molecule has 1 saturated heterocycles. The van der Waals surface area contributed by atoms with E-state index in [1.54, 1.807) is 31.4 Å². The van der Waals surface area contributed by atoms with Crippen LogP contribution in [0, 0.1) is 0 Å². The Balaban J connectivity index is 1.78. The summed E-state index contributed by atoms with van der Waals surface area (Å²) in [6.45, 7) is 4.61. The number of carbonyl (C=O) groups is 2. The quantitative estimate of drug-likeness (QED) is 0.685. The van der Waals surface area contributed by atoms with E-state index in [2.05, 4.69) is 0 Å². The molecule has 0 atom stereocenters. The van der Waals surface area contributed by atoms with Crippen molar-refractivity contribution >= 4 is 23.1 Å². The Labute approximate surface area is 175 Å². The number of ether oxygens (including phenoxy) is 3. The molecule has 2 heterocycles. The monoisotopic (exact) mass is 408 g/mol. The summed E-state index contributed by atoms with van der Waals surface area (Å²) < 4.78 is 16.2. The summed E-state index contributed by atoms with van der Waals surface area (Å²) in [5.41, 5.74) is 1.97. The van der Waals surface area contributed by atoms with E-state index in [4.69, 9.17) is 14.2 Å². The highest BCUT2D eigenvalue weighted by Crippen LogP contribution is 2.36. The van der Waals surface area contributed by atoms with Crippen LogP contribution in [-0.4, -0.2) is 56.7 Å². The molecule has 2 amide bonds. The molecule has 0 unspecified atom stereocenters. The molecule has 0 N–H and O–H groups in total. The van der Waals surface area contributed by atoms with Crippen LogP contribution >= 0.6 is 0 Å². The van der Waals surface area contributed by atoms with Crippen LogP contribution in [0.15, 0.2) is 54.2 Å². The number of carbonyl (C=O) groups excluding carboxylic acids is 2. The first kappa shape index (κ1) is 20.0. The van der Waals surface area contributed by atoms with Gasteiger partial charge in [0.05, 0.1) is 38.2 Å². The number of hydrogen-bond acceptors (Lipinski definition) is 6. The number of imide groups is 1. The lowest BCUT2D eigenvalue weighted by Crippen LogP contribution is -2.40. The summed E-state index contributed by atoms with van der Waals surface area (Å²) in [7, 11) is 1.55. The van der Waals surface area contributed by atoms with Gasteiger partial charge in [-0.3, -0.25) is 9.59 Å². The maximum atomic E-state index is 13.5. The lowest BCUT2D eigenvalue weighted by molar-refractivity contribution is -0.121. The highest BCUT2D eigenvalue weighted by Gasteiger charge is 2.42. The van der Waals surface area contributed by atoms with Crippen molar-refractivity contribution in [3.63, 3.8) is 0 Å². The van der Waals surface area contributed by atoms with Gasteiger partial charge in [-0.1, -0.05) is 18.2 Å². The van der Waals surface area contributed by atoms with Crippen LogP contribution in [0.25, 0.3) is 5.57 Å². The molecule has 2 aliphatic rings. The highest BCUT2D eigenvalue weighted by molar-refractivity contribution is 6.45. The molecule has 2 aliphatic heterocycles. The first-order valence-electron chi connectivity index (χ1n) is 9.97. The molecule has 0 spiro atoms. The van der Waals surface area contributed by atoms with Crippen molar-refractivity contribution in [1.29, 1.82) is 0 Å². The van der Waals surface area contributed by atoms with Crippen LogP contribution in [0.5, 0.6) is 11.5 Å². The molecule has 1 fully saturated rings. The van der Waals surface area contributed by atoms with E-state index in [0.29, 0.717) is 61.2 Å². The largest absolute Gasteiger partial charge is 0.497 e. The van der Waals surface area contributed by atoms with Gasteiger partial charge in [-0.25, -0.2) is 4.90 Å². The molecule has 0 aromatic heterocycles. The standard InChI is InChI=1S/C23H24N2O5/c1-3-30-18-9-7-16(8-10-18)20-21(24-11-13-29-14-12-24)23(27)25(22(20)26)17-5-4-6-19(15-17)28-2/h4-10,15H,3,11-14H2,1-2H3. The predicted octanol–water partition coefficient (Wildman–Crippen LogP) is 2.71. The molecule has 0 aliphatic carbocycles. The van der Waals surface area contributed by atoms with Crippen LogP contribution < -0.4 is 14.4 Å². The molecule has 2 aromatic rings. The molecule has 4 rings (SSSR count). The summed E-state index contributed by atoms with van der Waals surface area (Å²) >= 11 is 0. The van der Waals surface area contributed by atoms with Crippen LogP contribution in [0.1, 0.15) is 12.5 Å². The average Bonchev–Trinajstić information content (AvgIpc) is 3.05. The van der Waals surface area contributed by atoms with Crippen LogP contribution in [0.2, 0.25) is 0 Å². The van der Waals surface area contributed by atoms with Gasteiger partial charge in [-0.2, -0.15) is 0 Å². The van der Waals surface area contributed by atoms with Gasteiger partial charge in [0.15, 0.2) is 0 Å². The van der Waals surface area contributed by atoms with E-state index in [-0.39, 0.29) is 11.8 Å². The molecule has 156 valence electrons. The number of benzene rings is 2. The van der Waals surface area contributed by atoms with E-state index in [9.17, 15) is 9.59 Å². The van der Waals surface area contributed by atoms with Gasteiger partial charge in [-0.05, 0) is 36.8 Å². The molecular formula is C23H24N2O5. The molecule has 0 radical (unpaired) electrons. The fourth-order valence-corrected chi connectivity index (χ4v) is 3.73. The van der Waals surface area contributed by atoms with E-state index >= 15 is 0 Å². The van der Waals surface area contributed by atoms with Gasteiger partial charge in [0.1, 0.15) is 17.2 Å². The molecule has 2 aromatic carbocycles. The fourth-order valence-electron chi connectivity index (χ4n) is 3.73. The maximum Gasteiger partial charge on any atom is 0.282 e. The fraction of sp³-hybridized carbons (Fsp3) is 0.304. The van der Waals surface area contributed by atoms with Gasteiger partial charge in [0, 0.05) is 19.2 Å². The summed E-state index contributed by atoms with van der Waals surface area (Å²) in [6.07, 6.45) is 0. The van der Waals surface area contributed by atoms with E-state index in [1.165, 1.54) is 4.90 Å². The highest BCUT2D eigenvalue weighted by atomic mass is 16.5. The second-order valence-corrected chi connectivity index (χ2v) is 6.93. The molecule has 30 heavy (non-hydrogen) atoms. The Kier molecular flexibility index (Phi) is 5.72. The lowest BCUT2D eigenvalue weighted by atomic mass is 10.0. The third-order valence-corrected chi connectivity index (χ3v) is 5.15. The number of morpholine rings is 1. The number of hydrogen-bond donors (Lipinski definition) is 0. The van der Waals surface area contributed by atoms with Gasteiger partial charge >= 0.3 is 0 Å². The predicted molar refractivity (Wildman–Crippen MR) is 112 cm³/mol. The SMILES string of the molecule is CCOc1ccc(C2=C(N3CCOCC3)C(=O)N(c3cccc(OC)c3)C2=O)cc1. The topological polar surface area (TPSA) is 68.3 Å². The molecule has 7 heteroatoms. The van der Waals surface area contributed by atoms with Gasteiger partial charge in [-0.15, -0.1) is 0 Å². The van der Waals surface area contributed by atoms with Crippen LogP contribution in [0.3, 0.4) is 0 Å². The maximum absolute atomic E-state index is 13.5. The summed E-state index contributed by atoms with van der Waals surface area (Å²) in [5.74, 6) is 0.615. The summed E-state index contributed by atoms with van der Waals surface area (Å²) in [6, 6.07) is 14.2. The van der Waals surface area contributed by atoms with Gasteiger partial charge in [0.2, 0.25) is 0 Å². The van der Waals surface area contributed by atoms with Crippen molar-refractivity contribution in [2.75, 3.05) is 44.9 Å². The van der Waals surface area contributed by atoms with Crippen molar-refractivity contribution < 1.29 is 23.8 Å². The first-order valence-corrected chi connectivity index (χ1v) is 9.97. The second kappa shape index (κ2) is 8.59. The van der Waals surface area contributed by atoms with Crippen LogP contribution in [-0.2, 0) is 14.3 Å². The lowest BCUT2D eigenvalue weighted by Gasteiger charge is -2.29. The minimum Gasteiger partial charge on any atom is -0.497 e. The van der Waals surface area contributed by atoms with Gasteiger partial charge < -0.3 is 19.1 Å². The zero-order valence-corrected chi connectivity index (χ0v) is 17.1. The van der Waals surface area contributed by atoms with Crippen molar-refractivity contribution in [3.8, 4) is 11.5 Å². The third-order valence-electron chi connectivity index (χ3n) is 5.15. The molecule has 0 saturated carbocycles. The Bertz CT molecular complexity index is 977. The Hall–Kier alpha value is -3.32. The second-order valence-electron chi connectivity index (χ2n) is 6.93. The number of amides is 2. The van der Waals surface area contributed by atoms with Gasteiger partial charge in [0.25, 0.3) is 11.8 Å². The van der Waals surface area contributed by atoms with Crippen molar-refractivity contribution in [1.82, 2.24) is 4.90 Å². The molecule has 0 bridgehead atoms. The van der Waals surface area contributed by atoms with E-state index < -0.39 is 0 Å². The zero-order valence-electron chi connectivity index (χ0n) is 17.1. The van der Waals surface area contributed by atoms with Crippen molar-refractivity contribution in [3.05, 3.63) is 59.8 Å². The molecular weight excluding hydrogens is 384 g/mol. The summed E-state index contributed by atoms with van der Waals surface area (Å²) in [5, 5.41) is 0. The average molecular weight is 408 g/mol. The van der Waals surface area contributed by atoms with Crippen molar-refractivity contribution in [2.24, 2.45) is 0 Å². The number of anilines is 1. The Morgan fingerprint density at radius 2 is 1.70 bits per heavy atom. The first-order chi connectivity index (χ1) is 14.6. The number of rotatable bonds is 6. The Morgan fingerprint density at radius 1 is 0.967 bits per heavy atom. The van der Waals surface area contributed by atoms with E-state index in [0.717, 1.165) is 5.75 Å². The van der Waals surface area contributed by atoms with Crippen LogP contribution in [0.4, 0.5) is 5.69 Å². The third kappa shape index (κ3) is 3.64. The van der Waals surface area contributed by atoms with Crippen molar-refractivity contribution in [2.45, 2.75) is 6.92 Å². The zero-order chi connectivity index (χ0) is 21.1. The Morgan fingerprint density at radius 3 is 2.37 bits per heavy atom. The normalized spacial score (nSPS) is 17.0.